The minimum Gasteiger partial charge on any atom is -0.493 e. The average Bonchev–Trinajstić information content (AvgIpc) is 2.54. The van der Waals surface area contributed by atoms with E-state index in [9.17, 15) is 18.0 Å². The Kier molecular flexibility index (Phi) is 5.23. The van der Waals surface area contributed by atoms with E-state index in [2.05, 4.69) is 5.32 Å². The van der Waals surface area contributed by atoms with Gasteiger partial charge in [-0.15, -0.1) is 0 Å². The molecule has 0 unspecified atom stereocenters. The molecule has 0 aliphatic carbocycles. The Bertz CT molecular complexity index is 763. The van der Waals surface area contributed by atoms with E-state index in [0.717, 1.165) is 18.2 Å². The van der Waals surface area contributed by atoms with Crippen molar-refractivity contribution in [3.05, 3.63) is 52.5 Å². The second kappa shape index (κ2) is 7.00. The number of hydrogen-bond acceptors (Lipinski definition) is 3. The molecule has 24 heavy (non-hydrogen) atoms. The van der Waals surface area contributed by atoms with Crippen LogP contribution in [0.4, 0.5) is 18.9 Å². The molecule has 2 aromatic rings. The molecule has 0 radical (unpaired) electrons. The third kappa shape index (κ3) is 3.73. The molecule has 0 bridgehead atoms. The highest BCUT2D eigenvalue weighted by molar-refractivity contribution is 6.34. The van der Waals surface area contributed by atoms with Gasteiger partial charge in [0.1, 0.15) is 0 Å². The first-order valence-electron chi connectivity index (χ1n) is 6.67. The number of alkyl halides is 3. The van der Waals surface area contributed by atoms with Gasteiger partial charge in [-0.05, 0) is 30.3 Å². The topological polar surface area (TPSA) is 47.6 Å². The fourth-order valence-electron chi connectivity index (χ4n) is 2.05. The van der Waals surface area contributed by atoms with Crippen LogP contribution in [-0.4, -0.2) is 20.1 Å². The summed E-state index contributed by atoms with van der Waals surface area (Å²) in [4.78, 5) is 12.4. The van der Waals surface area contributed by atoms with Crippen molar-refractivity contribution in [2.75, 3.05) is 19.5 Å². The van der Waals surface area contributed by atoms with Crippen molar-refractivity contribution in [1.29, 1.82) is 0 Å². The fourth-order valence-corrected chi connectivity index (χ4v) is 2.22. The monoisotopic (exact) mass is 359 g/mol. The van der Waals surface area contributed by atoms with E-state index in [0.29, 0.717) is 5.75 Å². The van der Waals surface area contributed by atoms with E-state index in [-0.39, 0.29) is 22.0 Å². The van der Waals surface area contributed by atoms with E-state index >= 15 is 0 Å². The van der Waals surface area contributed by atoms with Crippen molar-refractivity contribution in [3.63, 3.8) is 0 Å². The average molecular weight is 360 g/mol. The third-order valence-corrected chi connectivity index (χ3v) is 3.52. The van der Waals surface area contributed by atoms with Gasteiger partial charge in [-0.1, -0.05) is 17.7 Å². The lowest BCUT2D eigenvalue weighted by atomic mass is 10.1. The minimum atomic E-state index is -4.54. The molecule has 0 aliphatic rings. The van der Waals surface area contributed by atoms with Gasteiger partial charge in [0.25, 0.3) is 5.91 Å². The Labute approximate surface area is 141 Å². The molecule has 1 N–H and O–H groups in total. The molecular formula is C16H13ClF3NO3. The molecule has 4 nitrogen and oxygen atoms in total. The lowest BCUT2D eigenvalue weighted by Gasteiger charge is -2.14. The summed E-state index contributed by atoms with van der Waals surface area (Å²) in [6, 6.07) is 7.29. The van der Waals surface area contributed by atoms with Crippen LogP contribution in [0.3, 0.4) is 0 Å². The van der Waals surface area contributed by atoms with Crippen LogP contribution >= 0.6 is 11.6 Å². The standard InChI is InChI=1S/C16H13ClF3NO3/c1-23-13-5-3-4-10(14(13)24-2)15(22)21-12-8-9(16(18,19)20)6-7-11(12)17/h3-8H,1-2H3,(H,21,22). The summed E-state index contributed by atoms with van der Waals surface area (Å²) in [6.07, 6.45) is -4.54. The summed E-state index contributed by atoms with van der Waals surface area (Å²) in [5.41, 5.74) is -0.966. The van der Waals surface area contributed by atoms with Crippen LogP contribution in [0.1, 0.15) is 15.9 Å². The molecule has 8 heteroatoms. The van der Waals surface area contributed by atoms with Crippen LogP contribution < -0.4 is 14.8 Å². The summed E-state index contributed by atoms with van der Waals surface area (Å²) in [5, 5.41) is 2.34. The Balaban J connectivity index is 2.37. The van der Waals surface area contributed by atoms with Gasteiger partial charge in [-0.3, -0.25) is 4.79 Å². The number of anilines is 1. The van der Waals surface area contributed by atoms with Crippen LogP contribution in [0, 0.1) is 0 Å². The van der Waals surface area contributed by atoms with Crippen molar-refractivity contribution in [3.8, 4) is 11.5 Å². The third-order valence-electron chi connectivity index (χ3n) is 3.19. The highest BCUT2D eigenvalue weighted by Crippen LogP contribution is 2.35. The summed E-state index contributed by atoms with van der Waals surface area (Å²) >= 11 is 5.87. The Morgan fingerprint density at radius 3 is 2.42 bits per heavy atom. The number of hydrogen-bond donors (Lipinski definition) is 1. The lowest BCUT2D eigenvalue weighted by molar-refractivity contribution is -0.137. The van der Waals surface area contributed by atoms with Gasteiger partial charge >= 0.3 is 6.18 Å². The smallest absolute Gasteiger partial charge is 0.416 e. The Morgan fingerprint density at radius 2 is 1.83 bits per heavy atom. The van der Waals surface area contributed by atoms with Crippen LogP contribution in [0.15, 0.2) is 36.4 Å². The van der Waals surface area contributed by atoms with Gasteiger partial charge in [0, 0.05) is 0 Å². The molecule has 0 saturated heterocycles. The van der Waals surface area contributed by atoms with Gasteiger partial charge in [0.2, 0.25) is 0 Å². The number of rotatable bonds is 4. The molecule has 0 saturated carbocycles. The number of amides is 1. The molecule has 128 valence electrons. The quantitative estimate of drug-likeness (QED) is 0.866. The van der Waals surface area contributed by atoms with E-state index in [1.807, 2.05) is 0 Å². The lowest BCUT2D eigenvalue weighted by Crippen LogP contribution is -2.15. The second-order valence-corrected chi connectivity index (χ2v) is 5.09. The zero-order chi connectivity index (χ0) is 17.9. The molecule has 2 aromatic carbocycles. The normalized spacial score (nSPS) is 11.1. The fraction of sp³-hybridized carbons (Fsp3) is 0.188. The second-order valence-electron chi connectivity index (χ2n) is 4.69. The van der Waals surface area contributed by atoms with Crippen LogP contribution in [0.5, 0.6) is 11.5 Å². The summed E-state index contributed by atoms with van der Waals surface area (Å²) < 4.78 is 48.6. The number of methoxy groups -OCH3 is 2. The minimum absolute atomic E-state index is 0.0155. The van der Waals surface area contributed by atoms with Crippen molar-refractivity contribution >= 4 is 23.2 Å². The molecule has 0 spiro atoms. The maximum absolute atomic E-state index is 12.8. The van der Waals surface area contributed by atoms with Gasteiger partial charge in [0.05, 0.1) is 36.1 Å². The highest BCUT2D eigenvalue weighted by Gasteiger charge is 2.31. The molecule has 0 aliphatic heterocycles. The maximum atomic E-state index is 12.8. The molecule has 0 atom stereocenters. The SMILES string of the molecule is COc1cccc(C(=O)Nc2cc(C(F)(F)F)ccc2Cl)c1OC. The van der Waals surface area contributed by atoms with Crippen LogP contribution in [-0.2, 0) is 6.18 Å². The maximum Gasteiger partial charge on any atom is 0.416 e. The van der Waals surface area contributed by atoms with Crippen molar-refractivity contribution in [2.45, 2.75) is 6.18 Å². The number of benzene rings is 2. The van der Waals surface area contributed by atoms with E-state index in [1.54, 1.807) is 12.1 Å². The number of carbonyl (C=O) groups is 1. The summed E-state index contributed by atoms with van der Waals surface area (Å²) in [7, 11) is 2.76. The summed E-state index contributed by atoms with van der Waals surface area (Å²) in [6.45, 7) is 0. The Morgan fingerprint density at radius 1 is 1.12 bits per heavy atom. The Hall–Kier alpha value is -2.41. The molecule has 1 amide bonds. The molecule has 0 fully saturated rings. The van der Waals surface area contributed by atoms with E-state index in [1.165, 1.54) is 20.3 Å². The number of para-hydroxylation sites is 1. The van der Waals surface area contributed by atoms with Gasteiger partial charge < -0.3 is 14.8 Å². The molecule has 0 heterocycles. The first-order valence-corrected chi connectivity index (χ1v) is 7.04. The zero-order valence-corrected chi connectivity index (χ0v) is 13.5. The van der Waals surface area contributed by atoms with Gasteiger partial charge in [0.15, 0.2) is 11.5 Å². The summed E-state index contributed by atoms with van der Waals surface area (Å²) in [5.74, 6) is -0.187. The largest absolute Gasteiger partial charge is 0.493 e. The van der Waals surface area contributed by atoms with Gasteiger partial charge in [-0.2, -0.15) is 13.2 Å². The molecular weight excluding hydrogens is 347 g/mol. The highest BCUT2D eigenvalue weighted by atomic mass is 35.5. The van der Waals surface area contributed by atoms with E-state index < -0.39 is 17.6 Å². The van der Waals surface area contributed by atoms with Crippen molar-refractivity contribution < 1.29 is 27.4 Å². The van der Waals surface area contributed by atoms with E-state index in [4.69, 9.17) is 21.1 Å². The number of ether oxygens (including phenoxy) is 2. The predicted molar refractivity (Wildman–Crippen MR) is 84.0 cm³/mol. The van der Waals surface area contributed by atoms with Crippen molar-refractivity contribution in [1.82, 2.24) is 0 Å². The van der Waals surface area contributed by atoms with Crippen LogP contribution in [0.25, 0.3) is 0 Å². The first kappa shape index (κ1) is 17.9. The van der Waals surface area contributed by atoms with Crippen molar-refractivity contribution in [2.24, 2.45) is 0 Å². The molecule has 2 rings (SSSR count). The number of halogens is 4. The van der Waals surface area contributed by atoms with Gasteiger partial charge in [-0.25, -0.2) is 0 Å². The zero-order valence-electron chi connectivity index (χ0n) is 12.7. The predicted octanol–water partition coefficient (Wildman–Crippen LogP) is 4.63. The first-order chi connectivity index (χ1) is 11.3. The van der Waals surface area contributed by atoms with Crippen LogP contribution in [0.2, 0.25) is 5.02 Å². The molecule has 0 aromatic heterocycles. The number of nitrogens with one attached hydrogen (secondary N) is 1. The number of carbonyl (C=O) groups excluding carboxylic acids is 1.